The first-order chi connectivity index (χ1) is 16.1. The molecule has 0 aliphatic heterocycles. The van der Waals surface area contributed by atoms with Gasteiger partial charge in [0.05, 0.1) is 5.69 Å². The number of rotatable bonds is 10. The molecule has 0 saturated carbocycles. The van der Waals surface area contributed by atoms with E-state index in [1.807, 2.05) is 25.1 Å². The Balaban J connectivity index is 1.46. The summed E-state index contributed by atoms with van der Waals surface area (Å²) in [5, 5.41) is 12.9. The lowest BCUT2D eigenvalue weighted by Crippen LogP contribution is -2.12. The van der Waals surface area contributed by atoms with Gasteiger partial charge in [-0.25, -0.2) is 4.98 Å². The molecule has 1 unspecified atom stereocenters. The molecule has 2 aromatic carbocycles. The maximum atomic E-state index is 6.15. The Labute approximate surface area is 203 Å². The predicted octanol–water partition coefficient (Wildman–Crippen LogP) is 6.89. The summed E-state index contributed by atoms with van der Waals surface area (Å²) in [4.78, 5) is 4.84. The Morgan fingerprint density at radius 3 is 2.67 bits per heavy atom. The number of allylic oxidation sites excluding steroid dienone is 1. The molecule has 2 aromatic heterocycles. The van der Waals surface area contributed by atoms with Crippen LogP contribution in [0.25, 0.3) is 10.6 Å². The molecule has 0 radical (unpaired) electrons. The molecule has 0 N–H and O–H groups in total. The van der Waals surface area contributed by atoms with Crippen LogP contribution < -0.4 is 4.74 Å². The normalized spacial score (nSPS) is 12.0. The van der Waals surface area contributed by atoms with Crippen molar-refractivity contribution in [2.45, 2.75) is 50.8 Å². The van der Waals surface area contributed by atoms with Gasteiger partial charge in [0.15, 0.2) is 17.1 Å². The van der Waals surface area contributed by atoms with Gasteiger partial charge < -0.3 is 4.74 Å². The van der Waals surface area contributed by atoms with E-state index in [0.29, 0.717) is 6.54 Å². The quantitative estimate of drug-likeness (QED) is 0.184. The average molecular weight is 477 g/mol. The van der Waals surface area contributed by atoms with Crippen LogP contribution in [-0.2, 0) is 18.7 Å². The van der Waals surface area contributed by atoms with Crippen molar-refractivity contribution in [3.8, 4) is 16.3 Å². The van der Waals surface area contributed by atoms with E-state index in [4.69, 9.17) is 9.72 Å². The topological polar surface area (TPSA) is 52.8 Å². The van der Waals surface area contributed by atoms with Gasteiger partial charge in [0.25, 0.3) is 0 Å². The van der Waals surface area contributed by atoms with Crippen molar-refractivity contribution in [1.82, 2.24) is 19.7 Å². The summed E-state index contributed by atoms with van der Waals surface area (Å²) >= 11 is 3.31. The second kappa shape index (κ2) is 10.8. The number of ether oxygens (including phenoxy) is 1. The number of hydrogen-bond donors (Lipinski definition) is 0. The summed E-state index contributed by atoms with van der Waals surface area (Å²) < 4.78 is 8.22. The lowest BCUT2D eigenvalue weighted by molar-refractivity contribution is 0.210. The van der Waals surface area contributed by atoms with Crippen molar-refractivity contribution in [2.75, 3.05) is 0 Å². The molecule has 0 saturated heterocycles. The second-order valence-electron chi connectivity index (χ2n) is 7.75. The first-order valence-corrected chi connectivity index (χ1v) is 12.9. The Morgan fingerprint density at radius 1 is 1.15 bits per heavy atom. The Bertz CT molecular complexity index is 1210. The minimum atomic E-state index is -0.230. The molecule has 1 atom stereocenters. The number of hydrogen-bond acceptors (Lipinski definition) is 6. The van der Waals surface area contributed by atoms with Gasteiger partial charge in [-0.05, 0) is 43.5 Å². The van der Waals surface area contributed by atoms with Crippen LogP contribution in [0.5, 0.6) is 5.75 Å². The van der Waals surface area contributed by atoms with Gasteiger partial charge in [0.2, 0.25) is 0 Å². The summed E-state index contributed by atoms with van der Waals surface area (Å²) in [6.45, 7) is 10.8. The van der Waals surface area contributed by atoms with E-state index in [2.05, 4.69) is 77.0 Å². The minimum Gasteiger partial charge on any atom is -0.483 e. The molecular formula is C26H28N4OS2. The maximum absolute atomic E-state index is 6.15. The van der Waals surface area contributed by atoms with Crippen LogP contribution in [0, 0.1) is 6.92 Å². The zero-order valence-corrected chi connectivity index (χ0v) is 20.8. The summed E-state index contributed by atoms with van der Waals surface area (Å²) in [6, 6.07) is 16.5. The largest absolute Gasteiger partial charge is 0.483 e. The minimum absolute atomic E-state index is 0.230. The fraction of sp³-hybridized carbons (Fsp3) is 0.269. The molecule has 0 aliphatic carbocycles. The van der Waals surface area contributed by atoms with E-state index in [-0.39, 0.29) is 6.10 Å². The third kappa shape index (κ3) is 5.54. The first kappa shape index (κ1) is 23.3. The van der Waals surface area contributed by atoms with E-state index >= 15 is 0 Å². The van der Waals surface area contributed by atoms with Gasteiger partial charge >= 0.3 is 0 Å². The molecule has 0 amide bonds. The van der Waals surface area contributed by atoms with Crippen molar-refractivity contribution in [3.05, 3.63) is 89.2 Å². The monoisotopic (exact) mass is 476 g/mol. The highest BCUT2D eigenvalue weighted by Gasteiger charge is 2.19. The lowest BCUT2D eigenvalue weighted by Gasteiger charge is -2.16. The van der Waals surface area contributed by atoms with Gasteiger partial charge in [-0.3, -0.25) is 4.57 Å². The van der Waals surface area contributed by atoms with Crippen LogP contribution in [0.2, 0.25) is 0 Å². The fourth-order valence-electron chi connectivity index (χ4n) is 3.52. The number of thiazole rings is 1. The summed E-state index contributed by atoms with van der Waals surface area (Å²) in [5.41, 5.74) is 4.75. The summed E-state index contributed by atoms with van der Waals surface area (Å²) in [6.07, 6.45) is 2.64. The van der Waals surface area contributed by atoms with Crippen molar-refractivity contribution >= 4 is 23.1 Å². The van der Waals surface area contributed by atoms with Crippen molar-refractivity contribution in [2.24, 2.45) is 0 Å². The van der Waals surface area contributed by atoms with Crippen LogP contribution in [-0.4, -0.2) is 19.7 Å². The van der Waals surface area contributed by atoms with Crippen molar-refractivity contribution in [1.29, 1.82) is 0 Å². The van der Waals surface area contributed by atoms with Crippen molar-refractivity contribution in [3.63, 3.8) is 0 Å². The number of benzene rings is 2. The average Bonchev–Trinajstić information content (AvgIpc) is 3.46. The van der Waals surface area contributed by atoms with Gasteiger partial charge in [0.1, 0.15) is 10.8 Å². The molecule has 0 aliphatic rings. The fourth-order valence-corrected chi connectivity index (χ4v) is 5.38. The lowest BCUT2D eigenvalue weighted by atomic mass is 10.1. The van der Waals surface area contributed by atoms with Crippen LogP contribution in [0.15, 0.2) is 71.7 Å². The molecule has 4 rings (SSSR count). The van der Waals surface area contributed by atoms with E-state index in [1.54, 1.807) is 23.1 Å². The molecule has 170 valence electrons. The first-order valence-electron chi connectivity index (χ1n) is 11.0. The second-order valence-corrected chi connectivity index (χ2v) is 9.55. The van der Waals surface area contributed by atoms with E-state index < -0.39 is 0 Å². The Morgan fingerprint density at radius 2 is 1.94 bits per heavy atom. The molecule has 2 heterocycles. The maximum Gasteiger partial charge on any atom is 0.192 e. The van der Waals surface area contributed by atoms with Gasteiger partial charge in [-0.2, -0.15) is 0 Å². The third-order valence-electron chi connectivity index (χ3n) is 5.34. The van der Waals surface area contributed by atoms with Gasteiger partial charge in [-0.15, -0.1) is 28.1 Å². The SMILES string of the molecule is C=CCn1c(SCc2csc(-c3ccccc3C)n2)nnc1C(C)Oc1ccc(CC)cc1. The molecule has 0 spiro atoms. The molecule has 4 aromatic rings. The highest BCUT2D eigenvalue weighted by Crippen LogP contribution is 2.30. The van der Waals surface area contributed by atoms with E-state index in [1.165, 1.54) is 16.7 Å². The van der Waals surface area contributed by atoms with Crippen LogP contribution in [0.3, 0.4) is 0 Å². The van der Waals surface area contributed by atoms with E-state index in [0.717, 1.165) is 39.6 Å². The van der Waals surface area contributed by atoms with Crippen molar-refractivity contribution < 1.29 is 4.74 Å². The standard InChI is InChI=1S/C26H28N4OS2/c1-5-15-30-24(19(4)31-22-13-11-20(6-2)12-14-22)28-29-26(30)33-17-21-16-32-25(27-21)23-10-8-7-9-18(23)3/h5,7-14,16,19H,1,6,15,17H2,2-4H3. The third-order valence-corrected chi connectivity index (χ3v) is 7.27. The zero-order valence-electron chi connectivity index (χ0n) is 19.2. The molecule has 7 heteroatoms. The molecule has 0 bridgehead atoms. The zero-order chi connectivity index (χ0) is 23.2. The summed E-state index contributed by atoms with van der Waals surface area (Å²) in [5.74, 6) is 2.34. The molecular weight excluding hydrogens is 448 g/mol. The van der Waals surface area contributed by atoms with Crippen LogP contribution in [0.4, 0.5) is 0 Å². The van der Waals surface area contributed by atoms with E-state index in [9.17, 15) is 0 Å². The Kier molecular flexibility index (Phi) is 7.62. The predicted molar refractivity (Wildman–Crippen MR) is 137 cm³/mol. The molecule has 33 heavy (non-hydrogen) atoms. The number of aryl methyl sites for hydroxylation is 2. The highest BCUT2D eigenvalue weighted by atomic mass is 32.2. The van der Waals surface area contributed by atoms with Gasteiger partial charge in [-0.1, -0.05) is 61.2 Å². The summed E-state index contributed by atoms with van der Waals surface area (Å²) in [7, 11) is 0. The van der Waals surface area contributed by atoms with Crippen LogP contribution in [0.1, 0.15) is 42.6 Å². The number of nitrogens with zero attached hydrogens (tertiary/aromatic N) is 4. The molecule has 0 fully saturated rings. The number of thioether (sulfide) groups is 1. The van der Waals surface area contributed by atoms with Crippen LogP contribution >= 0.6 is 23.1 Å². The smallest absolute Gasteiger partial charge is 0.192 e. The highest BCUT2D eigenvalue weighted by molar-refractivity contribution is 7.98. The van der Waals surface area contributed by atoms with Gasteiger partial charge in [0, 0.05) is 23.2 Å². The molecule has 5 nitrogen and oxygen atoms in total. The Hall–Kier alpha value is -2.90. The number of aromatic nitrogens is 4.